The Balaban J connectivity index is 2.05. The highest BCUT2D eigenvalue weighted by Crippen LogP contribution is 2.27. The van der Waals surface area contributed by atoms with Gasteiger partial charge in [0.25, 0.3) is 0 Å². The second kappa shape index (κ2) is 3.01. The van der Waals surface area contributed by atoms with E-state index in [1.807, 2.05) is 0 Å². The van der Waals surface area contributed by atoms with Gasteiger partial charge in [-0.15, -0.1) is 0 Å². The van der Waals surface area contributed by atoms with Crippen molar-refractivity contribution in [3.8, 4) is 0 Å². The zero-order valence-corrected chi connectivity index (χ0v) is 6.26. The van der Waals surface area contributed by atoms with E-state index in [0.717, 1.165) is 12.5 Å². The van der Waals surface area contributed by atoms with E-state index in [0.29, 0.717) is 0 Å². The lowest BCUT2D eigenvalue weighted by molar-refractivity contribution is -0.119. The maximum atomic E-state index is 10.5. The fourth-order valence-electron chi connectivity index (χ4n) is 0.766. The lowest BCUT2D eigenvalue weighted by atomic mass is 10.3. The van der Waals surface area contributed by atoms with Crippen molar-refractivity contribution in [2.24, 2.45) is 11.7 Å². The van der Waals surface area contributed by atoms with Crippen molar-refractivity contribution in [1.82, 2.24) is 5.32 Å². The Morgan fingerprint density at radius 1 is 1.80 bits per heavy atom. The fraction of sp³-hybridized carbons (Fsp3) is 0.857. The lowest BCUT2D eigenvalue weighted by Crippen LogP contribution is -2.39. The Hall–Kier alpha value is -0.570. The molecule has 0 spiro atoms. The second-order valence-electron chi connectivity index (χ2n) is 2.98. The van der Waals surface area contributed by atoms with Crippen molar-refractivity contribution in [1.29, 1.82) is 0 Å². The molecular weight excluding hydrogens is 128 g/mol. The first-order chi connectivity index (χ1) is 4.70. The predicted octanol–water partition coefficient (Wildman–Crippen LogP) is -0.140. The second-order valence-corrected chi connectivity index (χ2v) is 2.98. The van der Waals surface area contributed by atoms with E-state index in [-0.39, 0.29) is 11.9 Å². The summed E-state index contributed by atoms with van der Waals surface area (Å²) in [6.07, 6.45) is 2.61. The van der Waals surface area contributed by atoms with Gasteiger partial charge in [-0.3, -0.25) is 4.79 Å². The molecule has 0 bridgehead atoms. The molecule has 0 heterocycles. The van der Waals surface area contributed by atoms with Crippen LogP contribution in [0.15, 0.2) is 0 Å². The van der Waals surface area contributed by atoms with Gasteiger partial charge in [0.15, 0.2) is 0 Å². The minimum Gasteiger partial charge on any atom is -0.368 e. The first kappa shape index (κ1) is 7.54. The van der Waals surface area contributed by atoms with E-state index in [9.17, 15) is 4.79 Å². The molecule has 3 heteroatoms. The zero-order valence-electron chi connectivity index (χ0n) is 6.26. The number of amides is 1. The molecule has 1 amide bonds. The van der Waals surface area contributed by atoms with E-state index < -0.39 is 0 Å². The number of nitrogens with two attached hydrogens (primary N) is 1. The molecule has 1 saturated carbocycles. The van der Waals surface area contributed by atoms with Crippen LogP contribution in [-0.2, 0) is 4.79 Å². The van der Waals surface area contributed by atoms with Crippen LogP contribution in [0, 0.1) is 5.92 Å². The van der Waals surface area contributed by atoms with Crippen molar-refractivity contribution >= 4 is 5.91 Å². The van der Waals surface area contributed by atoms with Crippen LogP contribution in [0.3, 0.4) is 0 Å². The molecule has 10 heavy (non-hydrogen) atoms. The Labute approximate surface area is 61.0 Å². The molecule has 58 valence electrons. The standard InChI is InChI=1S/C7H14N2O/c1-5(7(8)10)9-4-6-2-3-6/h5-6,9H,2-4H2,1H3,(H2,8,10)/t5-/m0/s1. The molecule has 3 N–H and O–H groups in total. The molecule has 1 rings (SSSR count). The largest absolute Gasteiger partial charge is 0.368 e. The summed E-state index contributed by atoms with van der Waals surface area (Å²) in [4.78, 5) is 10.5. The van der Waals surface area contributed by atoms with Crippen LogP contribution in [0.5, 0.6) is 0 Å². The highest BCUT2D eigenvalue weighted by molar-refractivity contribution is 5.79. The maximum Gasteiger partial charge on any atom is 0.234 e. The van der Waals surface area contributed by atoms with E-state index in [1.54, 1.807) is 6.92 Å². The molecule has 1 aliphatic carbocycles. The summed E-state index contributed by atoms with van der Waals surface area (Å²) in [7, 11) is 0. The van der Waals surface area contributed by atoms with Crippen molar-refractivity contribution in [2.45, 2.75) is 25.8 Å². The van der Waals surface area contributed by atoms with E-state index in [1.165, 1.54) is 12.8 Å². The van der Waals surface area contributed by atoms with Crippen LogP contribution >= 0.6 is 0 Å². The van der Waals surface area contributed by atoms with Gasteiger partial charge in [0.1, 0.15) is 0 Å². The van der Waals surface area contributed by atoms with Crippen LogP contribution in [-0.4, -0.2) is 18.5 Å². The summed E-state index contributed by atoms with van der Waals surface area (Å²) in [6.45, 7) is 2.74. The normalized spacial score (nSPS) is 20.5. The quantitative estimate of drug-likeness (QED) is 0.574. The molecule has 1 fully saturated rings. The van der Waals surface area contributed by atoms with Gasteiger partial charge in [0.2, 0.25) is 5.91 Å². The third kappa shape index (κ3) is 2.35. The summed E-state index contributed by atoms with van der Waals surface area (Å²) < 4.78 is 0. The van der Waals surface area contributed by atoms with Gasteiger partial charge in [0.05, 0.1) is 6.04 Å². The highest BCUT2D eigenvalue weighted by atomic mass is 16.1. The third-order valence-electron chi connectivity index (χ3n) is 1.84. The Morgan fingerprint density at radius 3 is 2.80 bits per heavy atom. The average Bonchev–Trinajstić information content (AvgIpc) is 2.64. The number of carbonyl (C=O) groups excluding carboxylic acids is 1. The van der Waals surface area contributed by atoms with Crippen LogP contribution in [0.1, 0.15) is 19.8 Å². The number of hydrogen-bond acceptors (Lipinski definition) is 2. The number of primary amides is 1. The topological polar surface area (TPSA) is 55.1 Å². The van der Waals surface area contributed by atoms with Crippen LogP contribution in [0.4, 0.5) is 0 Å². The molecule has 0 aromatic heterocycles. The Kier molecular flexibility index (Phi) is 2.27. The van der Waals surface area contributed by atoms with Gasteiger partial charge in [-0.25, -0.2) is 0 Å². The lowest BCUT2D eigenvalue weighted by Gasteiger charge is -2.07. The van der Waals surface area contributed by atoms with Crippen molar-refractivity contribution in [2.75, 3.05) is 6.54 Å². The third-order valence-corrected chi connectivity index (χ3v) is 1.84. The van der Waals surface area contributed by atoms with Gasteiger partial charge in [-0.2, -0.15) is 0 Å². The predicted molar refractivity (Wildman–Crippen MR) is 39.4 cm³/mol. The van der Waals surface area contributed by atoms with Crippen molar-refractivity contribution < 1.29 is 4.79 Å². The van der Waals surface area contributed by atoms with Gasteiger partial charge < -0.3 is 11.1 Å². The Bertz CT molecular complexity index is 132. The van der Waals surface area contributed by atoms with Crippen LogP contribution in [0.2, 0.25) is 0 Å². The molecule has 0 aromatic carbocycles. The summed E-state index contributed by atoms with van der Waals surface area (Å²) in [5, 5.41) is 3.07. The maximum absolute atomic E-state index is 10.5. The minimum atomic E-state index is -0.263. The molecular formula is C7H14N2O. The molecule has 1 atom stereocenters. The van der Waals surface area contributed by atoms with Gasteiger partial charge in [-0.1, -0.05) is 0 Å². The zero-order chi connectivity index (χ0) is 7.56. The van der Waals surface area contributed by atoms with E-state index in [2.05, 4.69) is 5.32 Å². The van der Waals surface area contributed by atoms with Crippen LogP contribution < -0.4 is 11.1 Å². The van der Waals surface area contributed by atoms with Gasteiger partial charge in [-0.05, 0) is 32.2 Å². The minimum absolute atomic E-state index is 0.166. The Morgan fingerprint density at radius 2 is 2.40 bits per heavy atom. The van der Waals surface area contributed by atoms with Crippen LogP contribution in [0.25, 0.3) is 0 Å². The number of nitrogens with one attached hydrogen (secondary N) is 1. The first-order valence-corrected chi connectivity index (χ1v) is 3.73. The number of hydrogen-bond donors (Lipinski definition) is 2. The molecule has 0 saturated heterocycles. The molecule has 0 radical (unpaired) electrons. The summed E-state index contributed by atoms with van der Waals surface area (Å²) >= 11 is 0. The van der Waals surface area contributed by atoms with E-state index >= 15 is 0 Å². The van der Waals surface area contributed by atoms with E-state index in [4.69, 9.17) is 5.73 Å². The smallest absolute Gasteiger partial charge is 0.234 e. The SMILES string of the molecule is C[C@H](NCC1CC1)C(N)=O. The monoisotopic (exact) mass is 142 g/mol. The van der Waals surface area contributed by atoms with Gasteiger partial charge >= 0.3 is 0 Å². The van der Waals surface area contributed by atoms with Crippen molar-refractivity contribution in [3.05, 3.63) is 0 Å². The summed E-state index contributed by atoms with van der Waals surface area (Å²) in [6, 6.07) is -0.166. The number of rotatable bonds is 4. The van der Waals surface area contributed by atoms with Gasteiger partial charge in [0, 0.05) is 0 Å². The highest BCUT2D eigenvalue weighted by Gasteiger charge is 2.21. The summed E-state index contributed by atoms with van der Waals surface area (Å²) in [5.74, 6) is 0.544. The molecule has 0 unspecified atom stereocenters. The van der Waals surface area contributed by atoms with Crippen molar-refractivity contribution in [3.63, 3.8) is 0 Å². The summed E-state index contributed by atoms with van der Waals surface area (Å²) in [5.41, 5.74) is 5.04. The first-order valence-electron chi connectivity index (χ1n) is 3.73. The molecule has 3 nitrogen and oxygen atoms in total. The fourth-order valence-corrected chi connectivity index (χ4v) is 0.766. The molecule has 0 aliphatic heterocycles. The average molecular weight is 142 g/mol. The number of carbonyl (C=O) groups is 1. The molecule has 1 aliphatic rings. The molecule has 0 aromatic rings.